The molecule has 0 aromatic heterocycles. The molecule has 0 aliphatic heterocycles. The van der Waals surface area contributed by atoms with Crippen LogP contribution in [0.25, 0.3) is 0 Å². The van der Waals surface area contributed by atoms with Crippen LogP contribution in [0.3, 0.4) is 0 Å². The predicted molar refractivity (Wildman–Crippen MR) is 137 cm³/mol. The number of aliphatic hydroxyl groups is 1. The van der Waals surface area contributed by atoms with Crippen molar-refractivity contribution < 1.29 is 5.11 Å². The molecule has 8 unspecified atom stereocenters. The van der Waals surface area contributed by atoms with Gasteiger partial charge in [0.15, 0.2) is 0 Å². The van der Waals surface area contributed by atoms with E-state index in [1.165, 1.54) is 44.9 Å². The average Bonchev–Trinajstić information content (AvgIpc) is 3.11. The SMILES string of the molecule is CC.CC.CC1CCC2C(CCC3C2CCC2(C)C3CCC2[C@H](C)CCC(C)(C)O)C1. The van der Waals surface area contributed by atoms with E-state index in [4.69, 9.17) is 0 Å². The summed E-state index contributed by atoms with van der Waals surface area (Å²) < 4.78 is 0. The van der Waals surface area contributed by atoms with Gasteiger partial charge in [-0.3, -0.25) is 0 Å². The largest absolute Gasteiger partial charge is 0.390 e. The molecule has 0 aromatic carbocycles. The van der Waals surface area contributed by atoms with Crippen LogP contribution in [-0.4, -0.2) is 10.7 Å². The van der Waals surface area contributed by atoms with Crippen LogP contribution in [0.2, 0.25) is 0 Å². The first-order chi connectivity index (χ1) is 14.7. The van der Waals surface area contributed by atoms with Crippen molar-refractivity contribution in [2.24, 2.45) is 52.8 Å². The van der Waals surface area contributed by atoms with Gasteiger partial charge < -0.3 is 5.11 Å². The van der Waals surface area contributed by atoms with Crippen LogP contribution < -0.4 is 0 Å². The molecule has 0 heterocycles. The van der Waals surface area contributed by atoms with Gasteiger partial charge in [0.2, 0.25) is 0 Å². The van der Waals surface area contributed by atoms with E-state index in [1.807, 2.05) is 41.5 Å². The Hall–Kier alpha value is -0.0400. The van der Waals surface area contributed by atoms with E-state index in [9.17, 15) is 5.11 Å². The van der Waals surface area contributed by atoms with Gasteiger partial charge in [-0.15, -0.1) is 0 Å². The molecule has 0 spiro atoms. The van der Waals surface area contributed by atoms with Crippen LogP contribution in [0, 0.1) is 52.8 Å². The molecule has 4 aliphatic rings. The Balaban J connectivity index is 0.000000807. The van der Waals surface area contributed by atoms with Crippen molar-refractivity contribution in [3.05, 3.63) is 0 Å². The molecule has 1 N–H and O–H groups in total. The molecule has 0 amide bonds. The second kappa shape index (κ2) is 11.4. The monoisotopic (exact) mass is 434 g/mol. The van der Waals surface area contributed by atoms with Gasteiger partial charge in [0.05, 0.1) is 5.60 Å². The Morgan fingerprint density at radius 1 is 0.871 bits per heavy atom. The summed E-state index contributed by atoms with van der Waals surface area (Å²) in [6, 6.07) is 0. The van der Waals surface area contributed by atoms with Gasteiger partial charge in [0.25, 0.3) is 0 Å². The second-order valence-electron chi connectivity index (χ2n) is 12.4. The van der Waals surface area contributed by atoms with Crippen molar-refractivity contribution >= 4 is 0 Å². The van der Waals surface area contributed by atoms with E-state index in [0.29, 0.717) is 5.41 Å². The molecule has 9 atom stereocenters. The van der Waals surface area contributed by atoms with Gasteiger partial charge in [0.1, 0.15) is 0 Å². The fourth-order valence-electron chi connectivity index (χ4n) is 8.85. The Bertz CT molecular complexity index is 519. The third-order valence-corrected chi connectivity index (χ3v) is 10.2. The highest BCUT2D eigenvalue weighted by molar-refractivity contribution is 5.06. The highest BCUT2D eigenvalue weighted by Gasteiger charge is 2.57. The molecule has 0 aromatic rings. The summed E-state index contributed by atoms with van der Waals surface area (Å²) in [6.45, 7) is 19.6. The third-order valence-electron chi connectivity index (χ3n) is 10.2. The molecule has 4 saturated carbocycles. The maximum absolute atomic E-state index is 10.2. The van der Waals surface area contributed by atoms with Crippen molar-refractivity contribution in [3.8, 4) is 0 Å². The van der Waals surface area contributed by atoms with Gasteiger partial charge in [-0.2, -0.15) is 0 Å². The van der Waals surface area contributed by atoms with Crippen LogP contribution in [0.4, 0.5) is 0 Å². The molecule has 0 bridgehead atoms. The zero-order valence-corrected chi connectivity index (χ0v) is 22.8. The van der Waals surface area contributed by atoms with Crippen LogP contribution in [0.15, 0.2) is 0 Å². The topological polar surface area (TPSA) is 20.2 Å². The summed E-state index contributed by atoms with van der Waals surface area (Å²) in [5, 5.41) is 10.2. The molecule has 0 radical (unpaired) electrons. The van der Waals surface area contributed by atoms with E-state index in [1.54, 1.807) is 19.3 Å². The first-order valence-electron chi connectivity index (χ1n) is 14.4. The van der Waals surface area contributed by atoms with Gasteiger partial charge in [0, 0.05) is 0 Å². The van der Waals surface area contributed by atoms with E-state index in [0.717, 1.165) is 53.8 Å². The molecule has 4 fully saturated rings. The fourth-order valence-corrected chi connectivity index (χ4v) is 8.85. The maximum Gasteiger partial charge on any atom is 0.0591 e. The number of rotatable bonds is 4. The summed E-state index contributed by atoms with van der Waals surface area (Å²) in [4.78, 5) is 0. The molecule has 1 heteroatoms. The Kier molecular flexibility index (Phi) is 10.00. The quantitative estimate of drug-likeness (QED) is 0.467. The van der Waals surface area contributed by atoms with Gasteiger partial charge >= 0.3 is 0 Å². The van der Waals surface area contributed by atoms with Crippen LogP contribution in [0.5, 0.6) is 0 Å². The Morgan fingerprint density at radius 3 is 2.16 bits per heavy atom. The molecule has 4 rings (SSSR count). The lowest BCUT2D eigenvalue weighted by molar-refractivity contribution is -0.0741. The van der Waals surface area contributed by atoms with Crippen molar-refractivity contribution in [3.63, 3.8) is 0 Å². The molecule has 184 valence electrons. The normalized spacial score (nSPS) is 42.6. The van der Waals surface area contributed by atoms with Crippen LogP contribution in [0.1, 0.15) is 133 Å². The Morgan fingerprint density at radius 2 is 1.52 bits per heavy atom. The molecule has 0 saturated heterocycles. The van der Waals surface area contributed by atoms with Crippen LogP contribution >= 0.6 is 0 Å². The van der Waals surface area contributed by atoms with Gasteiger partial charge in [-0.1, -0.05) is 54.9 Å². The van der Waals surface area contributed by atoms with E-state index in [-0.39, 0.29) is 0 Å². The summed E-state index contributed by atoms with van der Waals surface area (Å²) in [7, 11) is 0. The smallest absolute Gasteiger partial charge is 0.0591 e. The minimum absolute atomic E-state index is 0.499. The molecule has 1 nitrogen and oxygen atoms in total. The molecular formula is C30H58O. The molecule has 31 heavy (non-hydrogen) atoms. The highest BCUT2D eigenvalue weighted by atomic mass is 16.3. The molecular weight excluding hydrogens is 376 g/mol. The molecule has 4 aliphatic carbocycles. The van der Waals surface area contributed by atoms with E-state index < -0.39 is 5.60 Å². The fraction of sp³-hybridized carbons (Fsp3) is 1.00. The lowest BCUT2D eigenvalue weighted by Gasteiger charge is -2.56. The third kappa shape index (κ3) is 5.91. The Labute approximate surface area is 196 Å². The lowest BCUT2D eigenvalue weighted by atomic mass is 9.48. The van der Waals surface area contributed by atoms with E-state index in [2.05, 4.69) is 20.8 Å². The van der Waals surface area contributed by atoms with Gasteiger partial charge in [-0.05, 0) is 131 Å². The van der Waals surface area contributed by atoms with Gasteiger partial charge in [-0.25, -0.2) is 0 Å². The van der Waals surface area contributed by atoms with Crippen LogP contribution in [-0.2, 0) is 0 Å². The summed E-state index contributed by atoms with van der Waals surface area (Å²) >= 11 is 0. The maximum atomic E-state index is 10.2. The lowest BCUT2D eigenvalue weighted by Crippen LogP contribution is -2.49. The highest BCUT2D eigenvalue weighted by Crippen LogP contribution is 2.65. The minimum Gasteiger partial charge on any atom is -0.390 e. The number of fused-ring (bicyclic) bond motifs is 5. The first-order valence-corrected chi connectivity index (χ1v) is 14.4. The van der Waals surface area contributed by atoms with Crippen molar-refractivity contribution in [2.45, 2.75) is 139 Å². The van der Waals surface area contributed by atoms with Crippen molar-refractivity contribution in [1.82, 2.24) is 0 Å². The average molecular weight is 435 g/mol. The van der Waals surface area contributed by atoms with Crippen molar-refractivity contribution in [1.29, 1.82) is 0 Å². The zero-order chi connectivity index (χ0) is 23.4. The second-order valence-corrected chi connectivity index (χ2v) is 12.4. The standard InChI is InChI=1S/C26H46O.2C2H6/c1-17-6-8-20-19(16-17)7-9-22-21(20)13-15-26(5)23(10-11-24(22)26)18(2)12-14-25(3,4)27;2*1-2/h17-24,27H,6-16H2,1-5H3;2*1-2H3/t17?,18-,19?,20?,21?,22?,23?,24?,26?;;/m1../s1. The minimum atomic E-state index is -0.499. The summed E-state index contributed by atoms with van der Waals surface area (Å²) in [5.74, 6) is 7.93. The number of hydrogen-bond acceptors (Lipinski definition) is 1. The number of hydrogen-bond donors (Lipinski definition) is 1. The first kappa shape index (κ1) is 27.2. The zero-order valence-electron chi connectivity index (χ0n) is 22.8. The van der Waals surface area contributed by atoms with E-state index >= 15 is 0 Å². The van der Waals surface area contributed by atoms with Crippen molar-refractivity contribution in [2.75, 3.05) is 0 Å². The predicted octanol–water partition coefficient (Wildman–Crippen LogP) is 9.13. The summed E-state index contributed by atoms with van der Waals surface area (Å²) in [5.41, 5.74) is 0.0936. The summed E-state index contributed by atoms with van der Waals surface area (Å²) in [6.07, 6.45) is 15.8.